The molecule has 0 fully saturated rings. The second-order valence-electron chi connectivity index (χ2n) is 1.17. The summed E-state index contributed by atoms with van der Waals surface area (Å²) in [5.41, 5.74) is 0. The average Bonchev–Trinajstić information content (AvgIpc) is 1.89. The van der Waals surface area contributed by atoms with Gasteiger partial charge in [0, 0.05) is 0 Å². The van der Waals surface area contributed by atoms with Crippen molar-refractivity contribution >= 4 is 6.16 Å². The Balaban J connectivity index is 3.24. The summed E-state index contributed by atoms with van der Waals surface area (Å²) >= 11 is 0. The summed E-state index contributed by atoms with van der Waals surface area (Å²) in [6, 6.07) is 0. The number of carbonyl (C=O) groups excluding carboxylic acids is 1. The van der Waals surface area contributed by atoms with Gasteiger partial charge in [0.05, 0.1) is 7.11 Å². The van der Waals surface area contributed by atoms with Gasteiger partial charge in [0.1, 0.15) is 0 Å². The molecule has 9 heavy (non-hydrogen) atoms. The lowest BCUT2D eigenvalue weighted by Crippen LogP contribution is -2.03. The molecule has 0 rings (SSSR count). The topological polar surface area (TPSA) is 35.5 Å². The fourth-order valence-corrected chi connectivity index (χ4v) is 0.226. The number of hydrogen-bond acceptors (Lipinski definition) is 3. The first-order valence-corrected chi connectivity index (χ1v) is 2.41. The Morgan fingerprint density at radius 2 is 2.33 bits per heavy atom. The highest BCUT2D eigenvalue weighted by atomic mass is 16.7. The van der Waals surface area contributed by atoms with Crippen LogP contribution in [0.25, 0.3) is 0 Å². The Hall–Kier alpha value is -1.17. The molecule has 0 radical (unpaired) electrons. The van der Waals surface area contributed by atoms with Crippen molar-refractivity contribution in [2.75, 3.05) is 13.7 Å². The van der Waals surface area contributed by atoms with Gasteiger partial charge in [-0.3, -0.25) is 0 Å². The number of hydrogen-bond donors (Lipinski definition) is 0. The summed E-state index contributed by atoms with van der Waals surface area (Å²) in [5, 5.41) is 0. The van der Waals surface area contributed by atoms with Crippen molar-refractivity contribution in [2.24, 2.45) is 0 Å². The van der Waals surface area contributed by atoms with Crippen molar-refractivity contribution in [3.8, 4) is 11.8 Å². The molecule has 0 aliphatic heterocycles. The molecule has 0 saturated carbocycles. The Morgan fingerprint density at radius 1 is 1.67 bits per heavy atom. The van der Waals surface area contributed by atoms with Crippen LogP contribution in [0.15, 0.2) is 0 Å². The lowest BCUT2D eigenvalue weighted by atomic mass is 10.6. The minimum atomic E-state index is -0.697. The molecule has 3 nitrogen and oxygen atoms in total. The van der Waals surface area contributed by atoms with Crippen LogP contribution < -0.4 is 0 Å². The highest BCUT2D eigenvalue weighted by Gasteiger charge is 1.94. The van der Waals surface area contributed by atoms with Gasteiger partial charge in [0.15, 0.2) is 6.61 Å². The third-order valence-electron chi connectivity index (χ3n) is 0.606. The zero-order valence-corrected chi connectivity index (χ0v) is 5.43. The Kier molecular flexibility index (Phi) is 4.33. The maximum Gasteiger partial charge on any atom is 0.508 e. The molecule has 0 amide bonds. The van der Waals surface area contributed by atoms with E-state index in [1.165, 1.54) is 7.11 Å². The standard InChI is InChI=1S/C6H8O3/c1-3-4-5-9-6(7)8-2/h5H2,1-2H3. The summed E-state index contributed by atoms with van der Waals surface area (Å²) in [5.74, 6) is 5.10. The van der Waals surface area contributed by atoms with Crippen molar-refractivity contribution in [2.45, 2.75) is 6.92 Å². The van der Waals surface area contributed by atoms with Crippen molar-refractivity contribution in [3.63, 3.8) is 0 Å². The molecule has 3 heteroatoms. The van der Waals surface area contributed by atoms with Gasteiger partial charge in [0.2, 0.25) is 0 Å². The molecule has 0 unspecified atom stereocenters. The highest BCUT2D eigenvalue weighted by Crippen LogP contribution is 1.78. The molecule has 0 spiro atoms. The van der Waals surface area contributed by atoms with E-state index in [0.29, 0.717) is 0 Å². The Labute approximate surface area is 54.0 Å². The van der Waals surface area contributed by atoms with Gasteiger partial charge in [-0.25, -0.2) is 4.79 Å². The number of carbonyl (C=O) groups is 1. The number of rotatable bonds is 1. The normalized spacial score (nSPS) is 6.89. The third-order valence-corrected chi connectivity index (χ3v) is 0.606. The van der Waals surface area contributed by atoms with Gasteiger partial charge in [0.25, 0.3) is 0 Å². The van der Waals surface area contributed by atoms with Crippen LogP contribution in [0.3, 0.4) is 0 Å². The summed E-state index contributed by atoms with van der Waals surface area (Å²) < 4.78 is 8.56. The third kappa shape index (κ3) is 4.69. The Morgan fingerprint density at radius 3 is 2.78 bits per heavy atom. The van der Waals surface area contributed by atoms with Crippen LogP contribution in [-0.4, -0.2) is 19.9 Å². The maximum atomic E-state index is 10.2. The van der Waals surface area contributed by atoms with Crippen LogP contribution in [-0.2, 0) is 9.47 Å². The fraction of sp³-hybridized carbons (Fsp3) is 0.500. The van der Waals surface area contributed by atoms with Gasteiger partial charge in [-0.15, -0.1) is 5.92 Å². The van der Waals surface area contributed by atoms with E-state index in [2.05, 4.69) is 21.3 Å². The Bertz CT molecular complexity index is 140. The molecular weight excluding hydrogens is 120 g/mol. The van der Waals surface area contributed by atoms with E-state index >= 15 is 0 Å². The molecule has 0 aromatic carbocycles. The van der Waals surface area contributed by atoms with Crippen LogP contribution in [0, 0.1) is 11.8 Å². The second kappa shape index (κ2) is 4.98. The predicted octanol–water partition coefficient (Wildman–Crippen LogP) is 0.793. The van der Waals surface area contributed by atoms with E-state index < -0.39 is 6.16 Å². The average molecular weight is 128 g/mol. The molecule has 0 aliphatic carbocycles. The zero-order chi connectivity index (χ0) is 7.11. The van der Waals surface area contributed by atoms with Crippen LogP contribution in [0.5, 0.6) is 0 Å². The molecule has 0 heterocycles. The van der Waals surface area contributed by atoms with Crippen molar-refractivity contribution in [1.29, 1.82) is 0 Å². The van der Waals surface area contributed by atoms with E-state index in [1.807, 2.05) is 0 Å². The SMILES string of the molecule is CC#CCOC(=O)OC. The number of methoxy groups -OCH3 is 1. The fourth-order valence-electron chi connectivity index (χ4n) is 0.226. The summed E-state index contributed by atoms with van der Waals surface area (Å²) in [4.78, 5) is 10.2. The lowest BCUT2D eigenvalue weighted by molar-refractivity contribution is 0.0833. The number of ether oxygens (including phenoxy) is 2. The van der Waals surface area contributed by atoms with Crippen LogP contribution in [0.4, 0.5) is 4.79 Å². The first-order valence-electron chi connectivity index (χ1n) is 2.41. The van der Waals surface area contributed by atoms with Crippen molar-refractivity contribution < 1.29 is 14.3 Å². The highest BCUT2D eigenvalue weighted by molar-refractivity contribution is 5.59. The van der Waals surface area contributed by atoms with E-state index in [1.54, 1.807) is 6.92 Å². The molecule has 0 bridgehead atoms. The largest absolute Gasteiger partial charge is 0.508 e. The first-order chi connectivity index (χ1) is 4.31. The molecule has 0 saturated heterocycles. The van der Waals surface area contributed by atoms with Gasteiger partial charge < -0.3 is 9.47 Å². The summed E-state index contributed by atoms with van der Waals surface area (Å²) in [6.07, 6.45) is -0.697. The zero-order valence-electron chi connectivity index (χ0n) is 5.43. The van der Waals surface area contributed by atoms with Gasteiger partial charge >= 0.3 is 6.16 Å². The lowest BCUT2D eigenvalue weighted by Gasteiger charge is -1.94. The van der Waals surface area contributed by atoms with Gasteiger partial charge in [-0.2, -0.15) is 0 Å². The summed E-state index contributed by atoms with van der Waals surface area (Å²) in [6.45, 7) is 1.77. The molecule has 0 aliphatic rings. The predicted molar refractivity (Wildman–Crippen MR) is 31.8 cm³/mol. The second-order valence-corrected chi connectivity index (χ2v) is 1.17. The van der Waals surface area contributed by atoms with Gasteiger partial charge in [-0.05, 0) is 6.92 Å². The van der Waals surface area contributed by atoms with Crippen LogP contribution >= 0.6 is 0 Å². The molecule has 0 aromatic rings. The smallest absolute Gasteiger partial charge is 0.438 e. The molecule has 0 atom stereocenters. The molecular formula is C6H8O3. The van der Waals surface area contributed by atoms with E-state index in [9.17, 15) is 4.79 Å². The van der Waals surface area contributed by atoms with E-state index in [0.717, 1.165) is 0 Å². The maximum absolute atomic E-state index is 10.2. The van der Waals surface area contributed by atoms with Crippen LogP contribution in [0.2, 0.25) is 0 Å². The molecule has 0 N–H and O–H groups in total. The van der Waals surface area contributed by atoms with Crippen molar-refractivity contribution in [1.82, 2.24) is 0 Å². The quantitative estimate of drug-likeness (QED) is 0.387. The van der Waals surface area contributed by atoms with Crippen molar-refractivity contribution in [3.05, 3.63) is 0 Å². The molecule has 50 valence electrons. The van der Waals surface area contributed by atoms with Crippen LogP contribution in [0.1, 0.15) is 6.92 Å². The first kappa shape index (κ1) is 7.83. The molecule has 0 aromatic heterocycles. The van der Waals surface area contributed by atoms with E-state index in [4.69, 9.17) is 0 Å². The summed E-state index contributed by atoms with van der Waals surface area (Å²) in [7, 11) is 1.25. The van der Waals surface area contributed by atoms with E-state index in [-0.39, 0.29) is 6.61 Å². The monoisotopic (exact) mass is 128 g/mol. The minimum Gasteiger partial charge on any atom is -0.438 e. The minimum absolute atomic E-state index is 0.100. The van der Waals surface area contributed by atoms with Gasteiger partial charge in [-0.1, -0.05) is 5.92 Å².